The van der Waals surface area contributed by atoms with E-state index in [4.69, 9.17) is 0 Å². The molecule has 0 aromatic heterocycles. The number of piperazine rings is 1. The normalized spacial score (nSPS) is 17.2. The predicted molar refractivity (Wildman–Crippen MR) is 113 cm³/mol. The van der Waals surface area contributed by atoms with Gasteiger partial charge in [-0.3, -0.25) is 4.79 Å². The van der Waals surface area contributed by atoms with Crippen molar-refractivity contribution in [2.24, 2.45) is 0 Å². The standard InChI is InChI=1S/C23H30FN3O/c1-4-17(2)21-7-5-6-8-22(21)25-23(28)18(3)26-13-15-27(16-14-26)20-11-9-19(24)10-12-20/h5-12,17-18H,4,13-16H2,1-3H3,(H,25,28)/p+1/t17-,18+/m0/s1. The van der Waals surface area contributed by atoms with Crippen molar-refractivity contribution >= 4 is 17.3 Å². The first-order chi connectivity index (χ1) is 13.5. The Morgan fingerprint density at radius 2 is 1.75 bits per heavy atom. The van der Waals surface area contributed by atoms with Crippen molar-refractivity contribution in [3.8, 4) is 0 Å². The number of benzene rings is 2. The monoisotopic (exact) mass is 384 g/mol. The van der Waals surface area contributed by atoms with Gasteiger partial charge in [0.25, 0.3) is 5.91 Å². The van der Waals surface area contributed by atoms with Crippen LogP contribution in [0.2, 0.25) is 0 Å². The molecule has 0 aliphatic carbocycles. The quantitative estimate of drug-likeness (QED) is 0.803. The number of para-hydroxylation sites is 1. The molecule has 0 radical (unpaired) electrons. The van der Waals surface area contributed by atoms with Gasteiger partial charge >= 0.3 is 0 Å². The molecular formula is C23H31FN3O+. The maximum absolute atomic E-state index is 13.1. The minimum Gasteiger partial charge on any atom is -0.360 e. The van der Waals surface area contributed by atoms with Crippen LogP contribution < -0.4 is 15.1 Å². The first kappa shape index (κ1) is 20.3. The van der Waals surface area contributed by atoms with Gasteiger partial charge in [0.1, 0.15) is 5.82 Å². The van der Waals surface area contributed by atoms with Crippen LogP contribution in [0.15, 0.2) is 48.5 Å². The Bertz CT molecular complexity index is 785. The van der Waals surface area contributed by atoms with Crippen LogP contribution >= 0.6 is 0 Å². The van der Waals surface area contributed by atoms with Crippen molar-refractivity contribution < 1.29 is 14.1 Å². The summed E-state index contributed by atoms with van der Waals surface area (Å²) in [7, 11) is 0. The van der Waals surface area contributed by atoms with E-state index in [-0.39, 0.29) is 17.8 Å². The molecule has 0 unspecified atom stereocenters. The topological polar surface area (TPSA) is 36.8 Å². The molecular weight excluding hydrogens is 353 g/mol. The molecule has 5 heteroatoms. The largest absolute Gasteiger partial charge is 0.360 e. The summed E-state index contributed by atoms with van der Waals surface area (Å²) < 4.78 is 13.1. The van der Waals surface area contributed by atoms with Crippen LogP contribution in [0, 0.1) is 5.82 Å². The minimum absolute atomic E-state index is 0.0704. The summed E-state index contributed by atoms with van der Waals surface area (Å²) in [5, 5.41) is 3.16. The third-order valence-electron chi connectivity index (χ3n) is 5.97. The Balaban J connectivity index is 1.58. The molecule has 0 spiro atoms. The Kier molecular flexibility index (Phi) is 6.68. The number of nitrogens with one attached hydrogen (secondary N) is 2. The lowest BCUT2D eigenvalue weighted by Crippen LogP contribution is -3.19. The maximum atomic E-state index is 13.1. The van der Waals surface area contributed by atoms with Crippen LogP contribution in [0.3, 0.4) is 0 Å². The molecule has 28 heavy (non-hydrogen) atoms. The molecule has 2 aromatic carbocycles. The Morgan fingerprint density at radius 3 is 2.39 bits per heavy atom. The number of hydrogen-bond donors (Lipinski definition) is 2. The molecule has 1 amide bonds. The highest BCUT2D eigenvalue weighted by Gasteiger charge is 2.29. The molecule has 3 rings (SSSR count). The van der Waals surface area contributed by atoms with Crippen molar-refractivity contribution in [2.45, 2.75) is 39.2 Å². The minimum atomic E-state index is -0.212. The van der Waals surface area contributed by atoms with Crippen molar-refractivity contribution in [3.05, 3.63) is 59.9 Å². The summed E-state index contributed by atoms with van der Waals surface area (Å²) in [4.78, 5) is 16.4. The van der Waals surface area contributed by atoms with E-state index in [0.29, 0.717) is 5.92 Å². The van der Waals surface area contributed by atoms with Gasteiger partial charge in [-0.1, -0.05) is 32.0 Å². The SMILES string of the molecule is CC[C@H](C)c1ccccc1NC(=O)[C@@H](C)[NH+]1CCN(c2ccc(F)cc2)CC1. The molecule has 4 nitrogen and oxygen atoms in total. The third-order valence-corrected chi connectivity index (χ3v) is 5.97. The van der Waals surface area contributed by atoms with Crippen LogP contribution in [-0.4, -0.2) is 38.1 Å². The van der Waals surface area contributed by atoms with E-state index in [1.54, 1.807) is 0 Å². The van der Waals surface area contributed by atoms with Gasteiger partial charge in [0.05, 0.1) is 26.2 Å². The second-order valence-corrected chi connectivity index (χ2v) is 7.73. The number of hydrogen-bond acceptors (Lipinski definition) is 2. The summed E-state index contributed by atoms with van der Waals surface area (Å²) in [6.07, 6.45) is 1.04. The first-order valence-electron chi connectivity index (χ1n) is 10.2. The highest BCUT2D eigenvalue weighted by Crippen LogP contribution is 2.26. The van der Waals surface area contributed by atoms with Crippen molar-refractivity contribution in [1.82, 2.24) is 0 Å². The highest BCUT2D eigenvalue weighted by atomic mass is 19.1. The lowest BCUT2D eigenvalue weighted by atomic mass is 9.97. The Morgan fingerprint density at radius 1 is 1.11 bits per heavy atom. The van der Waals surface area contributed by atoms with E-state index in [9.17, 15) is 9.18 Å². The number of halogens is 1. The summed E-state index contributed by atoms with van der Waals surface area (Å²) in [6.45, 7) is 9.86. The van der Waals surface area contributed by atoms with E-state index in [1.807, 2.05) is 37.3 Å². The fraction of sp³-hybridized carbons (Fsp3) is 0.435. The zero-order valence-electron chi connectivity index (χ0n) is 17.0. The molecule has 150 valence electrons. The van der Waals surface area contributed by atoms with Crippen molar-refractivity contribution in [2.75, 3.05) is 36.4 Å². The number of nitrogens with zero attached hydrogens (tertiary/aromatic N) is 1. The van der Waals surface area contributed by atoms with E-state index in [0.717, 1.165) is 44.0 Å². The molecule has 1 saturated heterocycles. The number of carbonyl (C=O) groups excluding carboxylic acids is 1. The van der Waals surface area contributed by atoms with E-state index < -0.39 is 0 Å². The van der Waals surface area contributed by atoms with Crippen molar-refractivity contribution in [3.63, 3.8) is 0 Å². The van der Waals surface area contributed by atoms with Gasteiger partial charge in [-0.15, -0.1) is 0 Å². The molecule has 1 heterocycles. The van der Waals surface area contributed by atoms with Gasteiger partial charge in [0.2, 0.25) is 0 Å². The van der Waals surface area contributed by atoms with Crippen LogP contribution in [-0.2, 0) is 4.79 Å². The number of anilines is 2. The van der Waals surface area contributed by atoms with Gasteiger partial charge in [-0.2, -0.15) is 0 Å². The third kappa shape index (κ3) is 4.71. The van der Waals surface area contributed by atoms with E-state index >= 15 is 0 Å². The number of rotatable bonds is 6. The molecule has 0 bridgehead atoms. The smallest absolute Gasteiger partial charge is 0.282 e. The van der Waals surface area contributed by atoms with Crippen LogP contribution in [0.25, 0.3) is 0 Å². The fourth-order valence-electron chi connectivity index (χ4n) is 3.82. The Labute approximate surface area is 167 Å². The Hall–Kier alpha value is -2.40. The van der Waals surface area contributed by atoms with Crippen LogP contribution in [0.4, 0.5) is 15.8 Å². The zero-order chi connectivity index (χ0) is 20.1. The maximum Gasteiger partial charge on any atom is 0.282 e. The fourth-order valence-corrected chi connectivity index (χ4v) is 3.82. The van der Waals surface area contributed by atoms with Gasteiger partial charge in [-0.25, -0.2) is 4.39 Å². The highest BCUT2D eigenvalue weighted by molar-refractivity contribution is 5.94. The molecule has 2 aromatic rings. The summed E-state index contributed by atoms with van der Waals surface area (Å²) >= 11 is 0. The molecule has 1 fully saturated rings. The molecule has 0 saturated carbocycles. The number of amides is 1. The van der Waals surface area contributed by atoms with Gasteiger partial charge in [0.15, 0.2) is 6.04 Å². The van der Waals surface area contributed by atoms with Gasteiger partial charge < -0.3 is 15.1 Å². The first-order valence-corrected chi connectivity index (χ1v) is 10.2. The number of quaternary nitrogens is 1. The molecule has 1 aliphatic heterocycles. The summed E-state index contributed by atoms with van der Waals surface area (Å²) in [6, 6.07) is 14.6. The molecule has 2 atom stereocenters. The molecule has 2 N–H and O–H groups in total. The van der Waals surface area contributed by atoms with Crippen LogP contribution in [0.5, 0.6) is 0 Å². The number of carbonyl (C=O) groups is 1. The van der Waals surface area contributed by atoms with Crippen molar-refractivity contribution in [1.29, 1.82) is 0 Å². The second kappa shape index (κ2) is 9.20. The zero-order valence-corrected chi connectivity index (χ0v) is 17.0. The lowest BCUT2D eigenvalue weighted by molar-refractivity contribution is -0.914. The van der Waals surface area contributed by atoms with Gasteiger partial charge in [-0.05, 0) is 55.2 Å². The predicted octanol–water partition coefficient (Wildman–Crippen LogP) is 3.07. The summed E-state index contributed by atoms with van der Waals surface area (Å²) in [5.41, 5.74) is 3.17. The van der Waals surface area contributed by atoms with E-state index in [2.05, 4.69) is 30.1 Å². The molecule has 1 aliphatic rings. The average Bonchev–Trinajstić information content (AvgIpc) is 2.73. The average molecular weight is 385 g/mol. The van der Waals surface area contributed by atoms with Gasteiger partial charge in [0, 0.05) is 11.4 Å². The summed E-state index contributed by atoms with van der Waals surface area (Å²) in [5.74, 6) is 0.273. The lowest BCUT2D eigenvalue weighted by Gasteiger charge is -2.36. The van der Waals surface area contributed by atoms with Crippen LogP contribution in [0.1, 0.15) is 38.7 Å². The van der Waals surface area contributed by atoms with E-state index in [1.165, 1.54) is 22.6 Å². The second-order valence-electron chi connectivity index (χ2n) is 7.73.